The molecule has 0 spiro atoms. The van der Waals surface area contributed by atoms with Crippen molar-refractivity contribution in [1.29, 1.82) is 0 Å². The predicted molar refractivity (Wildman–Crippen MR) is 195 cm³/mol. The third-order valence-corrected chi connectivity index (χ3v) is 6.67. The minimum absolute atomic E-state index is 0. The van der Waals surface area contributed by atoms with Gasteiger partial charge in [-0.25, -0.2) is 0 Å². The van der Waals surface area contributed by atoms with E-state index in [1.807, 2.05) is 0 Å². The molecule has 4 atom stereocenters. The Kier molecular flexibility index (Phi) is 56.2. The predicted octanol–water partition coefficient (Wildman–Crippen LogP) is 6.67. The minimum Gasteiger partial charge on any atom is -0.462 e. The lowest BCUT2D eigenvalue weighted by atomic mass is 9.89. The maximum atomic E-state index is 12.6. The Morgan fingerprint density at radius 1 is 0.783 bits per heavy atom. The number of rotatable bonds is 23. The van der Waals surface area contributed by atoms with Crippen LogP contribution in [0.1, 0.15) is 132 Å². The molecule has 0 bridgehead atoms. The monoisotopic (exact) mass is 690 g/mol. The van der Waals surface area contributed by atoms with E-state index in [1.165, 1.54) is 25.6 Å². The van der Waals surface area contributed by atoms with Crippen LogP contribution in [-0.2, 0) is 43.0 Å². The van der Waals surface area contributed by atoms with Gasteiger partial charge in [0.05, 0.1) is 18.1 Å². The molecule has 3 N–H and O–H groups in total. The summed E-state index contributed by atoms with van der Waals surface area (Å²) in [5.41, 5.74) is 6.01. The van der Waals surface area contributed by atoms with Crippen LogP contribution in [0.25, 0.3) is 0 Å². The molecule has 0 fully saturated rings. The smallest absolute Gasteiger partial charge is 0.305 e. The molecule has 0 heterocycles. The van der Waals surface area contributed by atoms with E-state index in [0.717, 1.165) is 0 Å². The van der Waals surface area contributed by atoms with E-state index in [4.69, 9.17) is 19.9 Å². The summed E-state index contributed by atoms with van der Waals surface area (Å²) >= 11 is 1.26. The summed E-state index contributed by atoms with van der Waals surface area (Å²) in [6.07, 6.45) is -0.906. The van der Waals surface area contributed by atoms with Crippen LogP contribution in [0, 0.1) is 5.92 Å². The molecule has 0 aromatic carbocycles. The first kappa shape index (κ1) is 66.3. The van der Waals surface area contributed by atoms with Crippen molar-refractivity contribution in [2.24, 2.45) is 11.7 Å². The summed E-state index contributed by atoms with van der Waals surface area (Å²) in [6.45, 7) is 6.07. The van der Waals surface area contributed by atoms with Crippen molar-refractivity contribution >= 4 is 46.8 Å². The molecule has 0 aromatic rings. The molecule has 0 rings (SSSR count). The average Bonchev–Trinajstić information content (AvgIpc) is 2.87. The maximum Gasteiger partial charge on any atom is 0.305 e. The summed E-state index contributed by atoms with van der Waals surface area (Å²) < 4.78 is 15.6. The van der Waals surface area contributed by atoms with Gasteiger partial charge in [-0.2, -0.15) is 11.8 Å². The zero-order valence-corrected chi connectivity index (χ0v) is 23.7. The lowest BCUT2D eigenvalue weighted by molar-refractivity contribution is -0.157. The first-order valence-corrected chi connectivity index (χ1v) is 14.1. The molecule has 0 aliphatic carbocycles. The molecule has 0 aliphatic heterocycles. The summed E-state index contributed by atoms with van der Waals surface area (Å²) in [7, 11) is 0. The van der Waals surface area contributed by atoms with Gasteiger partial charge in [-0.1, -0.05) is 73.3 Å². The fourth-order valence-electron chi connectivity index (χ4n) is 3.12. The molecule has 11 nitrogen and oxygen atoms in total. The quantitative estimate of drug-likeness (QED) is 0.0862. The molecule has 12 heteroatoms. The lowest BCUT2D eigenvalue weighted by Gasteiger charge is -2.21. The van der Waals surface area contributed by atoms with Crippen LogP contribution in [0.2, 0.25) is 0 Å². The standard InChI is InChI=1S/C26H43NO10S.8CH4/c1-5-25(33)36-14-20(37-26(34)6-2)15-38-16-22(27)24(32)12-21(18(4)29)23(31)8-7-11-35-13-19(30)10-9-17(3)28;;;;;;;;/h18,20-22,29H,5-16,27H2,1-4H3;8*1H4. The van der Waals surface area contributed by atoms with Crippen molar-refractivity contribution in [3.63, 3.8) is 0 Å². The van der Waals surface area contributed by atoms with Crippen LogP contribution in [0.4, 0.5) is 0 Å². The van der Waals surface area contributed by atoms with Crippen molar-refractivity contribution in [3.8, 4) is 0 Å². The molecule has 4 unspecified atom stereocenters. The largest absolute Gasteiger partial charge is 0.462 e. The fraction of sp³-hybridized carbons (Fsp3) is 0.824. The van der Waals surface area contributed by atoms with E-state index in [-0.39, 0.29) is 152 Å². The SMILES string of the molecule is C.C.C.C.C.C.C.C.CCC(=O)OCC(CSCC(N)C(=O)CC(C(=O)CCCOCC(=O)CCC(C)=O)C(C)O)OC(=O)CC. The number of ether oxygens (including phenoxy) is 3. The number of hydrogen-bond donors (Lipinski definition) is 2. The number of nitrogens with two attached hydrogens (primary N) is 1. The first-order chi connectivity index (χ1) is 17.9. The highest BCUT2D eigenvalue weighted by molar-refractivity contribution is 7.99. The Hall–Kier alpha value is -2.15. The van der Waals surface area contributed by atoms with Gasteiger partial charge in [0.1, 0.15) is 30.9 Å². The van der Waals surface area contributed by atoms with E-state index in [1.54, 1.807) is 13.8 Å². The third kappa shape index (κ3) is 33.2. The zero-order valence-electron chi connectivity index (χ0n) is 22.9. The molecule has 0 aliphatic rings. The Bertz CT molecular complexity index is 790. The molecule has 0 saturated carbocycles. The molecule has 0 radical (unpaired) electrons. The minimum atomic E-state index is -1.05. The van der Waals surface area contributed by atoms with Crippen LogP contribution in [0.5, 0.6) is 0 Å². The molecule has 0 saturated heterocycles. The number of Topliss-reactive ketones (excluding diaryl/α,β-unsaturated/α-hetero) is 4. The van der Waals surface area contributed by atoms with Crippen molar-refractivity contribution in [3.05, 3.63) is 0 Å². The van der Waals surface area contributed by atoms with Gasteiger partial charge in [0.25, 0.3) is 0 Å². The van der Waals surface area contributed by atoms with E-state index in [9.17, 15) is 33.9 Å². The van der Waals surface area contributed by atoms with Gasteiger partial charge < -0.3 is 29.8 Å². The van der Waals surface area contributed by atoms with Crippen LogP contribution in [0.15, 0.2) is 0 Å². The first-order valence-electron chi connectivity index (χ1n) is 12.9. The number of hydrogen-bond acceptors (Lipinski definition) is 12. The highest BCUT2D eigenvalue weighted by Gasteiger charge is 2.28. The van der Waals surface area contributed by atoms with Crippen LogP contribution < -0.4 is 5.73 Å². The number of ketones is 4. The molecular formula is C34H75NO10S. The van der Waals surface area contributed by atoms with E-state index in [0.29, 0.717) is 6.42 Å². The molecule has 0 aromatic heterocycles. The van der Waals surface area contributed by atoms with Crippen molar-refractivity contribution in [1.82, 2.24) is 0 Å². The van der Waals surface area contributed by atoms with E-state index < -0.39 is 36.1 Å². The Balaban J connectivity index is -0.000000244. The van der Waals surface area contributed by atoms with Crippen molar-refractivity contribution in [2.75, 3.05) is 31.3 Å². The highest BCUT2D eigenvalue weighted by Crippen LogP contribution is 2.17. The number of carbonyl (C=O) groups is 6. The number of aliphatic hydroxyl groups excluding tert-OH is 1. The Morgan fingerprint density at radius 2 is 1.33 bits per heavy atom. The van der Waals surface area contributed by atoms with Gasteiger partial charge in [-0.3, -0.25) is 24.0 Å². The summed E-state index contributed by atoms with van der Waals surface area (Å²) in [4.78, 5) is 70.8. The number of carbonyl (C=O) groups excluding carboxylic acids is 6. The summed E-state index contributed by atoms with van der Waals surface area (Å²) in [5.74, 6) is -2.27. The molecule has 282 valence electrons. The zero-order chi connectivity index (χ0) is 29.1. The van der Waals surface area contributed by atoms with Crippen LogP contribution >= 0.6 is 11.8 Å². The summed E-state index contributed by atoms with van der Waals surface area (Å²) in [6, 6.07) is -0.904. The van der Waals surface area contributed by atoms with Gasteiger partial charge >= 0.3 is 11.9 Å². The Morgan fingerprint density at radius 3 is 1.80 bits per heavy atom. The third-order valence-electron chi connectivity index (χ3n) is 5.47. The average molecular weight is 690 g/mol. The van der Waals surface area contributed by atoms with Gasteiger partial charge in [0, 0.05) is 56.6 Å². The fourth-order valence-corrected chi connectivity index (χ4v) is 4.12. The van der Waals surface area contributed by atoms with E-state index in [2.05, 4.69) is 0 Å². The summed E-state index contributed by atoms with van der Waals surface area (Å²) in [5, 5.41) is 10.1. The van der Waals surface area contributed by atoms with Crippen molar-refractivity contribution in [2.45, 2.75) is 150 Å². The number of aliphatic hydroxyl groups is 1. The van der Waals surface area contributed by atoms with Crippen LogP contribution in [0.3, 0.4) is 0 Å². The second-order valence-electron chi connectivity index (χ2n) is 9.03. The second-order valence-corrected chi connectivity index (χ2v) is 10.1. The molecule has 46 heavy (non-hydrogen) atoms. The normalized spacial score (nSPS) is 11.7. The number of thioether (sulfide) groups is 1. The lowest BCUT2D eigenvalue weighted by Crippen LogP contribution is -2.38. The maximum absolute atomic E-state index is 12.6. The van der Waals surface area contributed by atoms with Crippen LogP contribution in [-0.4, -0.2) is 89.8 Å². The highest BCUT2D eigenvalue weighted by atomic mass is 32.2. The Labute approximate surface area is 287 Å². The van der Waals surface area contributed by atoms with Gasteiger partial charge in [-0.15, -0.1) is 0 Å². The van der Waals surface area contributed by atoms with Gasteiger partial charge in [0.2, 0.25) is 0 Å². The molecular weight excluding hydrogens is 614 g/mol. The van der Waals surface area contributed by atoms with E-state index >= 15 is 0 Å². The topological polar surface area (TPSA) is 176 Å². The van der Waals surface area contributed by atoms with Crippen molar-refractivity contribution < 1.29 is 48.1 Å². The van der Waals surface area contributed by atoms with Gasteiger partial charge in [0.15, 0.2) is 11.6 Å². The second kappa shape index (κ2) is 39.0. The molecule has 0 amide bonds. The number of esters is 2. The van der Waals surface area contributed by atoms with Gasteiger partial charge in [-0.05, 0) is 20.3 Å².